The van der Waals surface area contributed by atoms with Crippen molar-refractivity contribution in [3.05, 3.63) is 23.7 Å². The molecule has 0 fully saturated rings. The summed E-state index contributed by atoms with van der Waals surface area (Å²) < 4.78 is 10.9. The van der Waals surface area contributed by atoms with Gasteiger partial charge in [-0.3, -0.25) is 0 Å². The lowest BCUT2D eigenvalue weighted by Crippen LogP contribution is -2.08. The molecule has 0 unspecified atom stereocenters. The van der Waals surface area contributed by atoms with Crippen LogP contribution in [-0.2, 0) is 9.47 Å². The second-order valence-electron chi connectivity index (χ2n) is 6.23. The van der Waals surface area contributed by atoms with Gasteiger partial charge in [0.25, 0.3) is 0 Å². The first-order chi connectivity index (χ1) is 11.7. The molecule has 0 aliphatic rings. The highest BCUT2D eigenvalue weighted by Gasteiger charge is 2.11. The number of carbonyl (C=O) groups is 1. The maximum absolute atomic E-state index is 12.1. The summed E-state index contributed by atoms with van der Waals surface area (Å²) in [6.07, 6.45) is 16.1. The van der Waals surface area contributed by atoms with Gasteiger partial charge in [0.1, 0.15) is 11.5 Å². The largest absolute Gasteiger partial charge is 0.518 e. The molecule has 0 saturated carbocycles. The second kappa shape index (κ2) is 16.6. The summed E-state index contributed by atoms with van der Waals surface area (Å²) in [5, 5.41) is 0. The Labute approximate surface area is 149 Å². The predicted molar refractivity (Wildman–Crippen MR) is 102 cm³/mol. The van der Waals surface area contributed by atoms with Gasteiger partial charge < -0.3 is 9.47 Å². The van der Waals surface area contributed by atoms with Crippen molar-refractivity contribution in [2.45, 2.75) is 105 Å². The lowest BCUT2D eigenvalue weighted by Gasteiger charge is -2.11. The molecule has 3 nitrogen and oxygen atoms in total. The van der Waals surface area contributed by atoms with E-state index in [1.165, 1.54) is 38.5 Å². The maximum atomic E-state index is 12.1. The van der Waals surface area contributed by atoms with Crippen LogP contribution >= 0.6 is 0 Å². The third-order valence-electron chi connectivity index (χ3n) is 3.85. The van der Waals surface area contributed by atoms with E-state index in [1.54, 1.807) is 0 Å². The highest BCUT2D eigenvalue weighted by atomic mass is 16.7. The minimum absolute atomic E-state index is 0.583. The average molecular weight is 339 g/mol. The molecular formula is C21H38O3. The van der Waals surface area contributed by atoms with E-state index in [0.29, 0.717) is 0 Å². The molecule has 0 amide bonds. The number of carbonyl (C=O) groups excluding carboxylic acids is 1. The molecule has 0 aromatic carbocycles. The van der Waals surface area contributed by atoms with Crippen LogP contribution in [0.2, 0.25) is 0 Å². The molecule has 140 valence electrons. The fourth-order valence-corrected chi connectivity index (χ4v) is 2.53. The van der Waals surface area contributed by atoms with E-state index in [1.807, 2.05) is 12.2 Å². The summed E-state index contributed by atoms with van der Waals surface area (Å²) in [5.41, 5.74) is 0. The van der Waals surface area contributed by atoms with Gasteiger partial charge in [0, 0.05) is 12.8 Å². The van der Waals surface area contributed by atoms with Gasteiger partial charge in [-0.1, -0.05) is 66.2 Å². The zero-order valence-electron chi connectivity index (χ0n) is 16.4. The van der Waals surface area contributed by atoms with Gasteiger partial charge in [0.2, 0.25) is 0 Å². The van der Waals surface area contributed by atoms with E-state index in [0.717, 1.165) is 50.0 Å². The molecule has 0 aromatic rings. The Bertz CT molecular complexity index is 335. The minimum Gasteiger partial charge on any atom is -0.400 e. The maximum Gasteiger partial charge on any atom is 0.518 e. The molecule has 0 bridgehead atoms. The van der Waals surface area contributed by atoms with Gasteiger partial charge in [0.15, 0.2) is 0 Å². The Morgan fingerprint density at radius 2 is 1.08 bits per heavy atom. The first kappa shape index (κ1) is 22.8. The summed E-state index contributed by atoms with van der Waals surface area (Å²) in [7, 11) is 0. The van der Waals surface area contributed by atoms with Crippen molar-refractivity contribution < 1.29 is 14.3 Å². The topological polar surface area (TPSA) is 35.5 Å². The van der Waals surface area contributed by atoms with Crippen molar-refractivity contribution in [3.63, 3.8) is 0 Å². The van der Waals surface area contributed by atoms with E-state index in [2.05, 4.69) is 27.7 Å². The number of hydrogen-bond donors (Lipinski definition) is 0. The molecule has 0 saturated heterocycles. The van der Waals surface area contributed by atoms with E-state index in [-0.39, 0.29) is 0 Å². The number of unbranched alkanes of at least 4 members (excludes halogenated alkanes) is 6. The molecule has 0 N–H and O–H groups in total. The Kier molecular flexibility index (Phi) is 15.7. The van der Waals surface area contributed by atoms with E-state index < -0.39 is 6.16 Å². The van der Waals surface area contributed by atoms with Gasteiger partial charge in [0.05, 0.1) is 0 Å². The zero-order valence-corrected chi connectivity index (χ0v) is 16.4. The van der Waals surface area contributed by atoms with Crippen molar-refractivity contribution in [1.82, 2.24) is 0 Å². The molecule has 0 aliphatic carbocycles. The number of allylic oxidation sites excluding steroid dienone is 4. The summed E-state index contributed by atoms with van der Waals surface area (Å²) in [6, 6.07) is 0. The first-order valence-corrected chi connectivity index (χ1v) is 9.95. The summed E-state index contributed by atoms with van der Waals surface area (Å²) in [5.74, 6) is 1.50. The Morgan fingerprint density at radius 3 is 1.42 bits per heavy atom. The van der Waals surface area contributed by atoms with Crippen LogP contribution in [0, 0.1) is 0 Å². The van der Waals surface area contributed by atoms with Crippen LogP contribution in [-0.4, -0.2) is 6.16 Å². The zero-order chi connectivity index (χ0) is 18.0. The van der Waals surface area contributed by atoms with Gasteiger partial charge in [-0.2, -0.15) is 0 Å². The van der Waals surface area contributed by atoms with Crippen molar-refractivity contribution in [2.75, 3.05) is 0 Å². The van der Waals surface area contributed by atoms with Crippen molar-refractivity contribution in [1.29, 1.82) is 0 Å². The van der Waals surface area contributed by atoms with Crippen molar-refractivity contribution in [3.8, 4) is 0 Å². The van der Waals surface area contributed by atoms with Crippen LogP contribution in [0.3, 0.4) is 0 Å². The fraction of sp³-hybridized carbons (Fsp3) is 0.762. The van der Waals surface area contributed by atoms with E-state index in [9.17, 15) is 4.79 Å². The molecule has 0 spiro atoms. The minimum atomic E-state index is -0.583. The Morgan fingerprint density at radius 1 is 0.667 bits per heavy atom. The van der Waals surface area contributed by atoms with Gasteiger partial charge in [-0.05, 0) is 37.8 Å². The predicted octanol–water partition coefficient (Wildman–Crippen LogP) is 7.67. The number of rotatable bonds is 14. The van der Waals surface area contributed by atoms with E-state index >= 15 is 0 Å². The average Bonchev–Trinajstić information content (AvgIpc) is 2.55. The SMILES string of the molecule is CCC=C(CCCCCC)OC(=O)OC(=CCC)CCCCCC. The molecule has 0 atom stereocenters. The van der Waals surface area contributed by atoms with Crippen molar-refractivity contribution in [2.24, 2.45) is 0 Å². The van der Waals surface area contributed by atoms with Gasteiger partial charge in [-0.15, -0.1) is 0 Å². The first-order valence-electron chi connectivity index (χ1n) is 9.95. The third kappa shape index (κ3) is 13.2. The van der Waals surface area contributed by atoms with Crippen LogP contribution in [0.25, 0.3) is 0 Å². The normalized spacial score (nSPS) is 12.3. The molecule has 0 rings (SSSR count). The van der Waals surface area contributed by atoms with Crippen LogP contribution in [0.15, 0.2) is 23.7 Å². The molecule has 0 aliphatic heterocycles. The Balaban J connectivity index is 4.35. The lowest BCUT2D eigenvalue weighted by atomic mass is 10.1. The Hall–Kier alpha value is -1.25. The second-order valence-corrected chi connectivity index (χ2v) is 6.23. The molecular weight excluding hydrogens is 300 g/mol. The van der Waals surface area contributed by atoms with E-state index in [4.69, 9.17) is 9.47 Å². The molecule has 0 radical (unpaired) electrons. The van der Waals surface area contributed by atoms with Crippen molar-refractivity contribution >= 4 is 6.16 Å². The van der Waals surface area contributed by atoms with Crippen LogP contribution in [0.4, 0.5) is 4.79 Å². The van der Waals surface area contributed by atoms with Crippen LogP contribution in [0.5, 0.6) is 0 Å². The molecule has 0 heterocycles. The quantitative estimate of drug-likeness (QED) is 0.185. The van der Waals surface area contributed by atoms with Crippen LogP contribution < -0.4 is 0 Å². The standard InChI is InChI=1S/C21H38O3/c1-5-9-11-13-17-19(15-7-3)23-21(22)24-20(16-8-4)18-14-12-10-6-2/h15-16H,5-14,17-18H2,1-4H3. The number of hydrogen-bond acceptors (Lipinski definition) is 3. The monoisotopic (exact) mass is 338 g/mol. The molecule has 24 heavy (non-hydrogen) atoms. The molecule has 3 heteroatoms. The summed E-state index contributed by atoms with van der Waals surface area (Å²) in [4.78, 5) is 12.1. The smallest absolute Gasteiger partial charge is 0.400 e. The number of ether oxygens (including phenoxy) is 2. The van der Waals surface area contributed by atoms with Crippen LogP contribution in [0.1, 0.15) is 105 Å². The summed E-state index contributed by atoms with van der Waals surface area (Å²) in [6.45, 7) is 8.49. The molecule has 0 aromatic heterocycles. The highest BCUT2D eigenvalue weighted by Crippen LogP contribution is 2.17. The highest BCUT2D eigenvalue weighted by molar-refractivity contribution is 5.62. The lowest BCUT2D eigenvalue weighted by molar-refractivity contribution is 0.0960. The van der Waals surface area contributed by atoms with Gasteiger partial charge in [-0.25, -0.2) is 4.79 Å². The van der Waals surface area contributed by atoms with Gasteiger partial charge >= 0.3 is 6.16 Å². The fourth-order valence-electron chi connectivity index (χ4n) is 2.53. The third-order valence-corrected chi connectivity index (χ3v) is 3.85. The summed E-state index contributed by atoms with van der Waals surface area (Å²) >= 11 is 0.